The third-order valence-corrected chi connectivity index (χ3v) is 2.91. The molecule has 19 heavy (non-hydrogen) atoms. The summed E-state index contributed by atoms with van der Waals surface area (Å²) in [7, 11) is 0. The number of nitrogens with zero attached hydrogens (tertiary/aromatic N) is 2. The molecular formula is C14H18N4O. The standard InChI is InChI=1S/C14H18N4O/c1-3-12(14-16-9-10(2)17-14)18-13(19)8-11-4-6-15-7-5-11/h4-7,9,12H,3,8H2,1-2H3,(H,16,17)(H,18,19). The molecule has 5 heteroatoms. The molecule has 0 fully saturated rings. The van der Waals surface area contributed by atoms with Crippen molar-refractivity contribution in [3.05, 3.63) is 47.8 Å². The third-order valence-electron chi connectivity index (χ3n) is 2.91. The van der Waals surface area contributed by atoms with E-state index in [4.69, 9.17) is 0 Å². The first-order valence-electron chi connectivity index (χ1n) is 6.38. The Morgan fingerprint density at radius 1 is 1.42 bits per heavy atom. The zero-order chi connectivity index (χ0) is 13.7. The molecule has 0 aliphatic heterocycles. The van der Waals surface area contributed by atoms with Gasteiger partial charge in [0.1, 0.15) is 5.82 Å². The van der Waals surface area contributed by atoms with Gasteiger partial charge in [-0.2, -0.15) is 0 Å². The van der Waals surface area contributed by atoms with Gasteiger partial charge in [-0.15, -0.1) is 0 Å². The SMILES string of the molecule is CCC(NC(=O)Cc1ccncc1)c1ncc(C)[nH]1. The van der Waals surface area contributed by atoms with E-state index >= 15 is 0 Å². The van der Waals surface area contributed by atoms with E-state index in [9.17, 15) is 4.79 Å². The Kier molecular flexibility index (Phi) is 4.28. The molecule has 0 bridgehead atoms. The minimum atomic E-state index is -0.0666. The van der Waals surface area contributed by atoms with Crippen LogP contribution in [-0.4, -0.2) is 20.9 Å². The molecule has 0 aliphatic carbocycles. The molecule has 1 unspecified atom stereocenters. The lowest BCUT2D eigenvalue weighted by Crippen LogP contribution is -2.30. The van der Waals surface area contributed by atoms with E-state index in [0.717, 1.165) is 23.5 Å². The molecular weight excluding hydrogens is 240 g/mol. The van der Waals surface area contributed by atoms with Crippen LogP contribution in [-0.2, 0) is 11.2 Å². The van der Waals surface area contributed by atoms with Crippen LogP contribution in [0.2, 0.25) is 0 Å². The fourth-order valence-electron chi connectivity index (χ4n) is 1.91. The third kappa shape index (κ3) is 3.64. The van der Waals surface area contributed by atoms with Crippen LogP contribution in [0.1, 0.15) is 36.5 Å². The average Bonchev–Trinajstić information content (AvgIpc) is 2.83. The van der Waals surface area contributed by atoms with Gasteiger partial charge in [0.05, 0.1) is 12.5 Å². The monoisotopic (exact) mass is 258 g/mol. The largest absolute Gasteiger partial charge is 0.346 e. The first kappa shape index (κ1) is 13.3. The maximum absolute atomic E-state index is 12.0. The van der Waals surface area contributed by atoms with Crippen molar-refractivity contribution in [1.29, 1.82) is 0 Å². The summed E-state index contributed by atoms with van der Waals surface area (Å²) in [6.45, 7) is 3.97. The van der Waals surface area contributed by atoms with Crippen LogP contribution in [0.3, 0.4) is 0 Å². The number of carbonyl (C=O) groups is 1. The maximum Gasteiger partial charge on any atom is 0.225 e. The normalized spacial score (nSPS) is 12.1. The van der Waals surface area contributed by atoms with Gasteiger partial charge < -0.3 is 10.3 Å². The first-order valence-corrected chi connectivity index (χ1v) is 6.38. The lowest BCUT2D eigenvalue weighted by Gasteiger charge is -2.14. The molecule has 0 saturated heterocycles. The molecule has 1 atom stereocenters. The Balaban J connectivity index is 1.97. The second-order valence-corrected chi connectivity index (χ2v) is 4.51. The quantitative estimate of drug-likeness (QED) is 0.860. The molecule has 0 aromatic carbocycles. The Hall–Kier alpha value is -2.17. The van der Waals surface area contributed by atoms with E-state index < -0.39 is 0 Å². The van der Waals surface area contributed by atoms with E-state index in [1.54, 1.807) is 18.6 Å². The van der Waals surface area contributed by atoms with Crippen molar-refractivity contribution in [2.24, 2.45) is 0 Å². The summed E-state index contributed by atoms with van der Waals surface area (Å²) in [5, 5.41) is 2.99. The lowest BCUT2D eigenvalue weighted by molar-refractivity contribution is -0.121. The average molecular weight is 258 g/mol. The summed E-state index contributed by atoms with van der Waals surface area (Å²) >= 11 is 0. The number of amides is 1. The van der Waals surface area contributed by atoms with Crippen LogP contribution in [0.15, 0.2) is 30.7 Å². The smallest absolute Gasteiger partial charge is 0.225 e. The number of hydrogen-bond donors (Lipinski definition) is 2. The number of hydrogen-bond acceptors (Lipinski definition) is 3. The van der Waals surface area contributed by atoms with Gasteiger partial charge in [-0.1, -0.05) is 6.92 Å². The molecule has 2 heterocycles. The number of nitrogens with one attached hydrogen (secondary N) is 2. The minimum Gasteiger partial charge on any atom is -0.346 e. The fourth-order valence-corrected chi connectivity index (χ4v) is 1.91. The van der Waals surface area contributed by atoms with Crippen molar-refractivity contribution in [1.82, 2.24) is 20.3 Å². The van der Waals surface area contributed by atoms with Gasteiger partial charge in [0.15, 0.2) is 0 Å². The highest BCUT2D eigenvalue weighted by atomic mass is 16.1. The van der Waals surface area contributed by atoms with Crippen LogP contribution in [0, 0.1) is 6.92 Å². The zero-order valence-corrected chi connectivity index (χ0v) is 11.2. The second kappa shape index (κ2) is 6.13. The lowest BCUT2D eigenvalue weighted by atomic mass is 10.1. The van der Waals surface area contributed by atoms with Crippen LogP contribution >= 0.6 is 0 Å². The van der Waals surface area contributed by atoms with Crippen molar-refractivity contribution < 1.29 is 4.79 Å². The van der Waals surface area contributed by atoms with Crippen LogP contribution in [0.5, 0.6) is 0 Å². The van der Waals surface area contributed by atoms with E-state index in [1.807, 2.05) is 26.0 Å². The summed E-state index contributed by atoms with van der Waals surface area (Å²) in [5.41, 5.74) is 1.95. The van der Waals surface area contributed by atoms with Crippen molar-refractivity contribution >= 4 is 5.91 Å². The summed E-state index contributed by atoms with van der Waals surface area (Å²) < 4.78 is 0. The molecule has 0 aliphatic rings. The maximum atomic E-state index is 12.0. The number of aromatic amines is 1. The van der Waals surface area contributed by atoms with E-state index in [2.05, 4.69) is 20.3 Å². The van der Waals surface area contributed by atoms with Gasteiger partial charge in [-0.05, 0) is 31.0 Å². The Bertz CT molecular complexity index is 535. The van der Waals surface area contributed by atoms with Gasteiger partial charge in [0.25, 0.3) is 0 Å². The Labute approximate surface area is 112 Å². The van der Waals surface area contributed by atoms with Gasteiger partial charge in [0.2, 0.25) is 5.91 Å². The van der Waals surface area contributed by atoms with Gasteiger partial charge >= 0.3 is 0 Å². The van der Waals surface area contributed by atoms with Gasteiger partial charge in [-0.25, -0.2) is 4.98 Å². The Morgan fingerprint density at radius 2 is 2.16 bits per heavy atom. The van der Waals surface area contributed by atoms with E-state index in [-0.39, 0.29) is 11.9 Å². The molecule has 2 N–H and O–H groups in total. The number of pyridine rings is 1. The molecule has 5 nitrogen and oxygen atoms in total. The number of rotatable bonds is 5. The predicted molar refractivity (Wildman–Crippen MR) is 72.4 cm³/mol. The number of aryl methyl sites for hydroxylation is 1. The minimum absolute atomic E-state index is 0.00731. The van der Waals surface area contributed by atoms with Crippen LogP contribution in [0.25, 0.3) is 0 Å². The van der Waals surface area contributed by atoms with E-state index in [0.29, 0.717) is 6.42 Å². The highest BCUT2D eigenvalue weighted by Gasteiger charge is 2.15. The fraction of sp³-hybridized carbons (Fsp3) is 0.357. The van der Waals surface area contributed by atoms with Crippen molar-refractivity contribution in [3.8, 4) is 0 Å². The number of aromatic nitrogens is 3. The summed E-state index contributed by atoms with van der Waals surface area (Å²) in [5.74, 6) is 0.801. The van der Waals surface area contributed by atoms with Gasteiger partial charge in [0, 0.05) is 24.3 Å². The number of imidazole rings is 1. The molecule has 0 radical (unpaired) electrons. The summed E-state index contributed by atoms with van der Waals surface area (Å²) in [4.78, 5) is 23.3. The summed E-state index contributed by atoms with van der Waals surface area (Å²) in [6.07, 6.45) is 6.31. The van der Waals surface area contributed by atoms with Crippen molar-refractivity contribution in [2.75, 3.05) is 0 Å². The van der Waals surface area contributed by atoms with Crippen molar-refractivity contribution in [3.63, 3.8) is 0 Å². The van der Waals surface area contributed by atoms with Crippen LogP contribution < -0.4 is 5.32 Å². The van der Waals surface area contributed by atoms with Gasteiger partial charge in [-0.3, -0.25) is 9.78 Å². The molecule has 100 valence electrons. The van der Waals surface area contributed by atoms with Crippen molar-refractivity contribution in [2.45, 2.75) is 32.7 Å². The molecule has 0 spiro atoms. The molecule has 2 aromatic heterocycles. The summed E-state index contributed by atoms with van der Waals surface area (Å²) in [6, 6.07) is 3.62. The topological polar surface area (TPSA) is 70.7 Å². The molecule has 2 aromatic rings. The Morgan fingerprint density at radius 3 is 2.74 bits per heavy atom. The van der Waals surface area contributed by atoms with Crippen LogP contribution in [0.4, 0.5) is 0 Å². The molecule has 1 amide bonds. The second-order valence-electron chi connectivity index (χ2n) is 4.51. The van der Waals surface area contributed by atoms with E-state index in [1.165, 1.54) is 0 Å². The number of carbonyl (C=O) groups excluding carboxylic acids is 1. The molecule has 0 saturated carbocycles. The predicted octanol–water partition coefficient (Wildman–Crippen LogP) is 1.92. The highest BCUT2D eigenvalue weighted by molar-refractivity contribution is 5.78. The zero-order valence-electron chi connectivity index (χ0n) is 11.2. The highest BCUT2D eigenvalue weighted by Crippen LogP contribution is 2.13. The molecule has 2 rings (SSSR count). The number of H-pyrrole nitrogens is 1. The first-order chi connectivity index (χ1) is 9.19.